The maximum atomic E-state index is 11.4. The molecule has 0 aromatic carbocycles. The molecule has 1 amide bonds. The molecule has 2 N–H and O–H groups in total. The smallest absolute Gasteiger partial charge is 0.325 e. The summed E-state index contributed by atoms with van der Waals surface area (Å²) in [5, 5.41) is 15.2. The SMILES string of the molecule is Cc1cc(C)n(CCC(=O)NC(C)C(=O)O)n1. The van der Waals surface area contributed by atoms with E-state index < -0.39 is 12.0 Å². The first-order valence-electron chi connectivity index (χ1n) is 5.43. The van der Waals surface area contributed by atoms with Crippen LogP contribution in [0.2, 0.25) is 0 Å². The van der Waals surface area contributed by atoms with Crippen LogP contribution in [0.1, 0.15) is 24.7 Å². The van der Waals surface area contributed by atoms with Gasteiger partial charge in [-0.15, -0.1) is 0 Å². The van der Waals surface area contributed by atoms with Crippen LogP contribution in [-0.2, 0) is 16.1 Å². The Labute approximate surface area is 99.6 Å². The van der Waals surface area contributed by atoms with Crippen LogP contribution in [0.3, 0.4) is 0 Å². The number of nitrogens with zero attached hydrogens (tertiary/aromatic N) is 2. The molecule has 0 saturated carbocycles. The third-order valence-electron chi connectivity index (χ3n) is 2.40. The average molecular weight is 239 g/mol. The lowest BCUT2D eigenvalue weighted by atomic mass is 10.3. The summed E-state index contributed by atoms with van der Waals surface area (Å²) in [6.45, 7) is 5.69. The monoisotopic (exact) mass is 239 g/mol. The van der Waals surface area contributed by atoms with Crippen molar-refractivity contribution >= 4 is 11.9 Å². The Balaban J connectivity index is 2.43. The van der Waals surface area contributed by atoms with Crippen molar-refractivity contribution in [2.45, 2.75) is 39.8 Å². The van der Waals surface area contributed by atoms with Crippen LogP contribution in [0.15, 0.2) is 6.07 Å². The second kappa shape index (κ2) is 5.47. The number of carbonyl (C=O) groups is 2. The van der Waals surface area contributed by atoms with Crippen LogP contribution in [-0.4, -0.2) is 32.8 Å². The predicted octanol–water partition coefficient (Wildman–Crippen LogP) is 0.479. The summed E-state index contributed by atoms with van der Waals surface area (Å²) >= 11 is 0. The van der Waals surface area contributed by atoms with Crippen LogP contribution >= 0.6 is 0 Å². The third-order valence-corrected chi connectivity index (χ3v) is 2.40. The first-order valence-corrected chi connectivity index (χ1v) is 5.43. The highest BCUT2D eigenvalue weighted by Gasteiger charge is 2.13. The zero-order chi connectivity index (χ0) is 13.0. The molecule has 1 aromatic rings. The van der Waals surface area contributed by atoms with E-state index in [1.54, 1.807) is 4.68 Å². The Bertz CT molecular complexity index is 426. The molecule has 0 saturated heterocycles. The number of carboxylic acids is 1. The number of aliphatic carboxylic acids is 1. The highest BCUT2D eigenvalue weighted by molar-refractivity contribution is 5.83. The fraction of sp³-hybridized carbons (Fsp3) is 0.545. The summed E-state index contributed by atoms with van der Waals surface area (Å²) in [7, 11) is 0. The van der Waals surface area contributed by atoms with Gasteiger partial charge < -0.3 is 10.4 Å². The van der Waals surface area contributed by atoms with E-state index in [9.17, 15) is 9.59 Å². The van der Waals surface area contributed by atoms with Gasteiger partial charge in [-0.05, 0) is 26.8 Å². The molecule has 6 nitrogen and oxygen atoms in total. The van der Waals surface area contributed by atoms with E-state index in [2.05, 4.69) is 10.4 Å². The van der Waals surface area contributed by atoms with Crippen molar-refractivity contribution in [2.24, 2.45) is 0 Å². The number of carboxylic acid groups (broad SMARTS) is 1. The number of aryl methyl sites for hydroxylation is 3. The van der Waals surface area contributed by atoms with Crippen molar-refractivity contribution in [3.63, 3.8) is 0 Å². The number of hydrogen-bond donors (Lipinski definition) is 2. The lowest BCUT2D eigenvalue weighted by molar-refractivity contribution is -0.141. The summed E-state index contributed by atoms with van der Waals surface area (Å²) in [5.74, 6) is -1.32. The first-order chi connectivity index (χ1) is 7.90. The Morgan fingerprint density at radius 2 is 2.18 bits per heavy atom. The van der Waals surface area contributed by atoms with Crippen molar-refractivity contribution in [1.82, 2.24) is 15.1 Å². The molecule has 0 spiro atoms. The van der Waals surface area contributed by atoms with E-state index in [1.807, 2.05) is 19.9 Å². The Morgan fingerprint density at radius 3 is 2.65 bits per heavy atom. The van der Waals surface area contributed by atoms with Gasteiger partial charge in [-0.25, -0.2) is 0 Å². The van der Waals surface area contributed by atoms with Crippen molar-refractivity contribution in [1.29, 1.82) is 0 Å². The van der Waals surface area contributed by atoms with Gasteiger partial charge in [0.1, 0.15) is 6.04 Å². The molecule has 1 atom stereocenters. The first kappa shape index (κ1) is 13.2. The van der Waals surface area contributed by atoms with Gasteiger partial charge in [0.2, 0.25) is 5.91 Å². The van der Waals surface area contributed by atoms with Gasteiger partial charge >= 0.3 is 5.97 Å². The van der Waals surface area contributed by atoms with Gasteiger partial charge in [0.05, 0.1) is 5.69 Å². The van der Waals surface area contributed by atoms with E-state index in [1.165, 1.54) is 6.92 Å². The topological polar surface area (TPSA) is 84.2 Å². The number of carbonyl (C=O) groups excluding carboxylic acids is 1. The second-order valence-electron chi connectivity index (χ2n) is 4.03. The molecule has 0 aliphatic carbocycles. The molecule has 94 valence electrons. The van der Waals surface area contributed by atoms with E-state index in [-0.39, 0.29) is 12.3 Å². The minimum absolute atomic E-state index is 0.222. The van der Waals surface area contributed by atoms with Gasteiger partial charge in [0.15, 0.2) is 0 Å². The van der Waals surface area contributed by atoms with E-state index in [0.29, 0.717) is 6.54 Å². The fourth-order valence-corrected chi connectivity index (χ4v) is 1.48. The molecule has 1 unspecified atom stereocenters. The zero-order valence-electron chi connectivity index (χ0n) is 10.2. The molecule has 1 rings (SSSR count). The molecule has 6 heteroatoms. The Hall–Kier alpha value is -1.85. The summed E-state index contributed by atoms with van der Waals surface area (Å²) in [5.41, 5.74) is 1.89. The molecule has 0 bridgehead atoms. The molecular formula is C11H17N3O3. The number of hydrogen-bond acceptors (Lipinski definition) is 3. The molecular weight excluding hydrogens is 222 g/mol. The van der Waals surface area contributed by atoms with Gasteiger partial charge in [-0.1, -0.05) is 0 Å². The fourth-order valence-electron chi connectivity index (χ4n) is 1.48. The van der Waals surface area contributed by atoms with E-state index in [0.717, 1.165) is 11.4 Å². The van der Waals surface area contributed by atoms with Crippen LogP contribution in [0.4, 0.5) is 0 Å². The summed E-state index contributed by atoms with van der Waals surface area (Å²) < 4.78 is 1.74. The second-order valence-corrected chi connectivity index (χ2v) is 4.03. The highest BCUT2D eigenvalue weighted by atomic mass is 16.4. The van der Waals surface area contributed by atoms with Crippen LogP contribution in [0, 0.1) is 13.8 Å². The van der Waals surface area contributed by atoms with Gasteiger partial charge in [0, 0.05) is 18.7 Å². The standard InChI is InChI=1S/C11H17N3O3/c1-7-6-8(2)14(13-7)5-4-10(15)12-9(3)11(16)17/h6,9H,4-5H2,1-3H3,(H,12,15)(H,16,17). The van der Waals surface area contributed by atoms with Crippen LogP contribution in [0.5, 0.6) is 0 Å². The lowest BCUT2D eigenvalue weighted by Crippen LogP contribution is -2.38. The molecule has 1 aromatic heterocycles. The summed E-state index contributed by atoms with van der Waals surface area (Å²) in [6, 6.07) is 1.07. The quantitative estimate of drug-likeness (QED) is 0.782. The minimum Gasteiger partial charge on any atom is -0.480 e. The number of aromatic nitrogens is 2. The molecule has 0 aliphatic rings. The van der Waals surface area contributed by atoms with Gasteiger partial charge in [-0.2, -0.15) is 5.10 Å². The Kier molecular flexibility index (Phi) is 4.25. The van der Waals surface area contributed by atoms with Crippen LogP contribution in [0.25, 0.3) is 0 Å². The van der Waals surface area contributed by atoms with Crippen molar-refractivity contribution in [3.05, 3.63) is 17.5 Å². The number of rotatable bonds is 5. The largest absolute Gasteiger partial charge is 0.480 e. The van der Waals surface area contributed by atoms with Gasteiger partial charge in [0.25, 0.3) is 0 Å². The molecule has 0 aliphatic heterocycles. The zero-order valence-corrected chi connectivity index (χ0v) is 10.2. The summed E-state index contributed by atoms with van der Waals surface area (Å²) in [4.78, 5) is 22.0. The van der Waals surface area contributed by atoms with E-state index in [4.69, 9.17) is 5.11 Å². The average Bonchev–Trinajstić information content (AvgIpc) is 2.54. The predicted molar refractivity (Wildman–Crippen MR) is 61.6 cm³/mol. The molecule has 0 radical (unpaired) electrons. The Morgan fingerprint density at radius 1 is 1.53 bits per heavy atom. The highest BCUT2D eigenvalue weighted by Crippen LogP contribution is 2.02. The summed E-state index contributed by atoms with van der Waals surface area (Å²) in [6.07, 6.45) is 0.222. The number of amides is 1. The van der Waals surface area contributed by atoms with Crippen LogP contribution < -0.4 is 5.32 Å². The van der Waals surface area contributed by atoms with Crippen molar-refractivity contribution in [2.75, 3.05) is 0 Å². The third kappa shape index (κ3) is 3.90. The molecule has 17 heavy (non-hydrogen) atoms. The van der Waals surface area contributed by atoms with Gasteiger partial charge in [-0.3, -0.25) is 14.3 Å². The maximum absolute atomic E-state index is 11.4. The molecule has 0 fully saturated rings. The van der Waals surface area contributed by atoms with Crippen molar-refractivity contribution in [3.8, 4) is 0 Å². The minimum atomic E-state index is -1.04. The van der Waals surface area contributed by atoms with E-state index >= 15 is 0 Å². The maximum Gasteiger partial charge on any atom is 0.325 e. The van der Waals surface area contributed by atoms with Crippen molar-refractivity contribution < 1.29 is 14.7 Å². The molecule has 1 heterocycles. The normalized spacial score (nSPS) is 12.2. The lowest BCUT2D eigenvalue weighted by Gasteiger charge is -2.09. The number of nitrogens with one attached hydrogen (secondary N) is 1.